The minimum Gasteiger partial charge on any atom is -0.330 e. The fourth-order valence-corrected chi connectivity index (χ4v) is 4.57. The monoisotopic (exact) mass is 296 g/mol. The Labute approximate surface area is 121 Å². The average Bonchev–Trinajstić information content (AvgIpc) is 2.38. The van der Waals surface area contributed by atoms with Gasteiger partial charge < -0.3 is 5.73 Å². The van der Waals surface area contributed by atoms with Gasteiger partial charge in [-0.3, -0.25) is 0 Å². The summed E-state index contributed by atoms with van der Waals surface area (Å²) in [4.78, 5) is 0.379. The highest BCUT2D eigenvalue weighted by Gasteiger charge is 2.29. The second-order valence-corrected chi connectivity index (χ2v) is 7.46. The lowest BCUT2D eigenvalue weighted by Gasteiger charge is -2.31. The van der Waals surface area contributed by atoms with Gasteiger partial charge in [0.15, 0.2) is 0 Å². The quantitative estimate of drug-likeness (QED) is 0.893. The summed E-state index contributed by atoms with van der Waals surface area (Å²) in [6, 6.07) is 5.39. The topological polar surface area (TPSA) is 72.2 Å². The Kier molecular flexibility index (Phi) is 4.83. The van der Waals surface area contributed by atoms with E-state index in [1.54, 1.807) is 6.07 Å². The third kappa shape index (κ3) is 3.40. The maximum absolute atomic E-state index is 12.5. The molecule has 1 fully saturated rings. The van der Waals surface area contributed by atoms with E-state index in [1.165, 1.54) is 0 Å². The highest BCUT2D eigenvalue weighted by Crippen LogP contribution is 2.26. The molecule has 112 valence electrons. The van der Waals surface area contributed by atoms with Crippen molar-refractivity contribution in [3.05, 3.63) is 29.3 Å². The van der Waals surface area contributed by atoms with Crippen LogP contribution in [0.4, 0.5) is 0 Å². The van der Waals surface area contributed by atoms with E-state index in [2.05, 4.69) is 4.72 Å². The molecular formula is C15H24N2O2S. The fourth-order valence-electron chi connectivity index (χ4n) is 3.01. The van der Waals surface area contributed by atoms with E-state index in [0.717, 1.165) is 36.8 Å². The molecule has 1 saturated carbocycles. The predicted octanol–water partition coefficient (Wildman–Crippen LogP) is 2.10. The molecule has 1 aliphatic rings. The Morgan fingerprint density at radius 1 is 1.25 bits per heavy atom. The zero-order valence-corrected chi connectivity index (χ0v) is 13.0. The molecule has 1 aliphatic carbocycles. The summed E-state index contributed by atoms with van der Waals surface area (Å²) in [5.74, 6) is 0.254. The third-order valence-electron chi connectivity index (χ3n) is 4.14. The predicted molar refractivity (Wildman–Crippen MR) is 81.0 cm³/mol. The molecule has 0 aliphatic heterocycles. The SMILES string of the molecule is Cc1ccc(S(=O)(=O)NC2CCCCC2CN)c(C)c1. The van der Waals surface area contributed by atoms with Gasteiger partial charge in [0, 0.05) is 6.04 Å². The highest BCUT2D eigenvalue weighted by molar-refractivity contribution is 7.89. The van der Waals surface area contributed by atoms with Crippen LogP contribution in [0, 0.1) is 19.8 Å². The van der Waals surface area contributed by atoms with Crippen LogP contribution in [0.1, 0.15) is 36.8 Å². The van der Waals surface area contributed by atoms with E-state index in [0.29, 0.717) is 11.4 Å². The molecule has 0 saturated heterocycles. The van der Waals surface area contributed by atoms with Gasteiger partial charge in [-0.2, -0.15) is 0 Å². The summed E-state index contributed by atoms with van der Waals surface area (Å²) in [7, 11) is -3.46. The first kappa shape index (κ1) is 15.5. The normalized spacial score (nSPS) is 23.8. The lowest BCUT2D eigenvalue weighted by atomic mass is 9.85. The van der Waals surface area contributed by atoms with Crippen molar-refractivity contribution in [2.45, 2.75) is 50.5 Å². The van der Waals surface area contributed by atoms with Crippen molar-refractivity contribution in [3.8, 4) is 0 Å². The number of nitrogens with one attached hydrogen (secondary N) is 1. The van der Waals surface area contributed by atoms with Gasteiger partial charge in [0.25, 0.3) is 0 Å². The van der Waals surface area contributed by atoms with Crippen LogP contribution in [-0.4, -0.2) is 21.0 Å². The zero-order chi connectivity index (χ0) is 14.8. The van der Waals surface area contributed by atoms with Crippen LogP contribution >= 0.6 is 0 Å². The van der Waals surface area contributed by atoms with Gasteiger partial charge in [-0.15, -0.1) is 0 Å². The molecule has 0 heterocycles. The molecule has 5 heteroatoms. The molecule has 0 bridgehead atoms. The van der Waals surface area contributed by atoms with Crippen LogP contribution in [0.15, 0.2) is 23.1 Å². The minimum absolute atomic E-state index is 0.0283. The van der Waals surface area contributed by atoms with Crippen LogP contribution in [0.2, 0.25) is 0 Å². The molecule has 0 radical (unpaired) electrons. The molecule has 4 nitrogen and oxygen atoms in total. The average molecular weight is 296 g/mol. The van der Waals surface area contributed by atoms with Crippen molar-refractivity contribution < 1.29 is 8.42 Å². The van der Waals surface area contributed by atoms with Crippen LogP contribution in [0.25, 0.3) is 0 Å². The van der Waals surface area contributed by atoms with Crippen molar-refractivity contribution >= 4 is 10.0 Å². The molecule has 0 spiro atoms. The molecule has 0 aromatic heterocycles. The van der Waals surface area contributed by atoms with Crippen LogP contribution in [-0.2, 0) is 10.0 Å². The largest absolute Gasteiger partial charge is 0.330 e. The van der Waals surface area contributed by atoms with E-state index in [4.69, 9.17) is 5.73 Å². The molecule has 2 rings (SSSR count). The lowest BCUT2D eigenvalue weighted by Crippen LogP contribution is -2.44. The molecule has 20 heavy (non-hydrogen) atoms. The first-order valence-corrected chi connectivity index (χ1v) is 8.72. The molecular weight excluding hydrogens is 272 g/mol. The van der Waals surface area contributed by atoms with E-state index in [9.17, 15) is 8.42 Å². The first-order chi connectivity index (χ1) is 9.44. The molecule has 2 atom stereocenters. The number of hydrogen-bond acceptors (Lipinski definition) is 3. The van der Waals surface area contributed by atoms with Crippen molar-refractivity contribution in [3.63, 3.8) is 0 Å². The van der Waals surface area contributed by atoms with Gasteiger partial charge in [0.2, 0.25) is 10.0 Å². The second-order valence-electron chi connectivity index (χ2n) is 5.78. The Morgan fingerprint density at radius 2 is 1.95 bits per heavy atom. The second kappa shape index (κ2) is 6.24. The van der Waals surface area contributed by atoms with E-state index >= 15 is 0 Å². The minimum atomic E-state index is -3.46. The summed E-state index contributed by atoms with van der Waals surface area (Å²) in [5, 5.41) is 0. The van der Waals surface area contributed by atoms with Crippen molar-refractivity contribution in [2.24, 2.45) is 11.7 Å². The van der Waals surface area contributed by atoms with Crippen LogP contribution in [0.3, 0.4) is 0 Å². The molecule has 1 aromatic carbocycles. The number of nitrogens with two attached hydrogens (primary N) is 1. The first-order valence-electron chi connectivity index (χ1n) is 7.23. The Bertz CT molecular complexity index is 569. The van der Waals surface area contributed by atoms with Crippen molar-refractivity contribution in [2.75, 3.05) is 6.54 Å². The summed E-state index contributed by atoms with van der Waals surface area (Å²) in [5.41, 5.74) is 7.62. The summed E-state index contributed by atoms with van der Waals surface area (Å²) < 4.78 is 27.9. The number of sulfonamides is 1. The number of hydrogen-bond donors (Lipinski definition) is 2. The highest BCUT2D eigenvalue weighted by atomic mass is 32.2. The number of aryl methyl sites for hydroxylation is 2. The maximum atomic E-state index is 12.5. The molecule has 1 aromatic rings. The van der Waals surface area contributed by atoms with Crippen LogP contribution in [0.5, 0.6) is 0 Å². The number of benzene rings is 1. The molecule has 0 amide bonds. The van der Waals surface area contributed by atoms with Crippen molar-refractivity contribution in [1.82, 2.24) is 4.72 Å². The van der Waals surface area contributed by atoms with Gasteiger partial charge in [0.05, 0.1) is 4.90 Å². The summed E-state index contributed by atoms with van der Waals surface area (Å²) >= 11 is 0. The molecule has 2 unspecified atom stereocenters. The Hall–Kier alpha value is -0.910. The smallest absolute Gasteiger partial charge is 0.241 e. The number of rotatable bonds is 4. The van der Waals surface area contributed by atoms with Gasteiger partial charge >= 0.3 is 0 Å². The Morgan fingerprint density at radius 3 is 2.60 bits per heavy atom. The van der Waals surface area contributed by atoms with Gasteiger partial charge in [0.1, 0.15) is 0 Å². The lowest BCUT2D eigenvalue weighted by molar-refractivity contribution is 0.296. The maximum Gasteiger partial charge on any atom is 0.241 e. The third-order valence-corrected chi connectivity index (χ3v) is 5.79. The summed E-state index contributed by atoms with van der Waals surface area (Å²) in [6.45, 7) is 4.34. The fraction of sp³-hybridized carbons (Fsp3) is 0.600. The van der Waals surface area contributed by atoms with Gasteiger partial charge in [-0.25, -0.2) is 13.1 Å². The van der Waals surface area contributed by atoms with E-state index in [-0.39, 0.29) is 12.0 Å². The summed E-state index contributed by atoms with van der Waals surface area (Å²) in [6.07, 6.45) is 4.10. The van der Waals surface area contributed by atoms with Crippen LogP contribution < -0.4 is 10.5 Å². The standard InChI is InChI=1S/C15H24N2O2S/c1-11-7-8-15(12(2)9-11)20(18,19)17-14-6-4-3-5-13(14)10-16/h7-9,13-14,17H,3-6,10,16H2,1-2H3. The van der Waals surface area contributed by atoms with Crippen molar-refractivity contribution in [1.29, 1.82) is 0 Å². The van der Waals surface area contributed by atoms with E-state index < -0.39 is 10.0 Å². The molecule has 3 N–H and O–H groups in total. The van der Waals surface area contributed by atoms with Gasteiger partial charge in [-0.1, -0.05) is 30.5 Å². The van der Waals surface area contributed by atoms with E-state index in [1.807, 2.05) is 26.0 Å². The Balaban J connectivity index is 2.22. The van der Waals surface area contributed by atoms with Gasteiger partial charge in [-0.05, 0) is 50.8 Å². The zero-order valence-electron chi connectivity index (χ0n) is 12.2.